The molecule has 29 heavy (non-hydrogen) atoms. The summed E-state index contributed by atoms with van der Waals surface area (Å²) < 4.78 is 2.02. The minimum absolute atomic E-state index is 0.116. The van der Waals surface area contributed by atoms with Gasteiger partial charge in [0.05, 0.1) is 6.54 Å². The lowest BCUT2D eigenvalue weighted by molar-refractivity contribution is 0.0656. The molecule has 1 saturated heterocycles. The van der Waals surface area contributed by atoms with Crippen LogP contribution in [0.2, 0.25) is 0 Å². The van der Waals surface area contributed by atoms with E-state index in [0.717, 1.165) is 57.9 Å². The molecule has 0 bridgehead atoms. The number of nitrogens with zero attached hydrogens (tertiary/aromatic N) is 4. The predicted octanol–water partition coefficient (Wildman–Crippen LogP) is 2.48. The number of hydrogen-bond donors (Lipinski definition) is 1. The highest BCUT2D eigenvalue weighted by molar-refractivity contribution is 5.94. The minimum Gasteiger partial charge on any atom is -0.335 e. The SMILES string of the molecule is C=CCn1nc(C(=O)N2CCN(C)CC2)c2c1CCC(NCC1CCCCC1)C2. The van der Waals surface area contributed by atoms with Crippen LogP contribution in [0.15, 0.2) is 12.7 Å². The zero-order chi connectivity index (χ0) is 20.2. The van der Waals surface area contributed by atoms with E-state index in [4.69, 9.17) is 5.10 Å². The molecule has 0 spiro atoms. The number of fused-ring (bicyclic) bond motifs is 1. The Balaban J connectivity index is 1.47. The van der Waals surface area contributed by atoms with Gasteiger partial charge < -0.3 is 15.1 Å². The summed E-state index contributed by atoms with van der Waals surface area (Å²) in [4.78, 5) is 17.6. The van der Waals surface area contributed by atoms with Gasteiger partial charge in [0.1, 0.15) is 0 Å². The van der Waals surface area contributed by atoms with Gasteiger partial charge in [-0.2, -0.15) is 5.10 Å². The van der Waals surface area contributed by atoms with Crippen molar-refractivity contribution in [3.8, 4) is 0 Å². The van der Waals surface area contributed by atoms with Crippen molar-refractivity contribution in [1.29, 1.82) is 0 Å². The number of hydrogen-bond acceptors (Lipinski definition) is 4. The van der Waals surface area contributed by atoms with Crippen molar-refractivity contribution in [3.63, 3.8) is 0 Å². The third kappa shape index (κ3) is 4.75. The smallest absolute Gasteiger partial charge is 0.274 e. The Labute approximate surface area is 175 Å². The molecule has 160 valence electrons. The number of rotatable bonds is 6. The number of allylic oxidation sites excluding steroid dienone is 1. The van der Waals surface area contributed by atoms with E-state index in [1.54, 1.807) is 0 Å². The molecule has 6 heteroatoms. The average molecular weight is 400 g/mol. The van der Waals surface area contributed by atoms with Gasteiger partial charge in [0.25, 0.3) is 5.91 Å². The molecule has 2 fully saturated rings. The summed E-state index contributed by atoms with van der Waals surface area (Å²) in [5.41, 5.74) is 3.12. The zero-order valence-corrected chi connectivity index (χ0v) is 18.0. The van der Waals surface area contributed by atoms with Crippen molar-refractivity contribution in [1.82, 2.24) is 24.9 Å². The maximum absolute atomic E-state index is 13.3. The predicted molar refractivity (Wildman–Crippen MR) is 116 cm³/mol. The molecule has 3 aliphatic rings. The van der Waals surface area contributed by atoms with Crippen LogP contribution in [0.5, 0.6) is 0 Å². The number of carbonyl (C=O) groups excluding carboxylic acids is 1. The van der Waals surface area contributed by atoms with Gasteiger partial charge in [-0.3, -0.25) is 9.48 Å². The highest BCUT2D eigenvalue weighted by Gasteiger charge is 2.32. The van der Waals surface area contributed by atoms with Crippen LogP contribution in [0.1, 0.15) is 60.3 Å². The molecule has 2 heterocycles. The lowest BCUT2D eigenvalue weighted by Gasteiger charge is -2.32. The molecule has 2 aliphatic carbocycles. The summed E-state index contributed by atoms with van der Waals surface area (Å²) in [6, 6.07) is 0.463. The number of nitrogens with one attached hydrogen (secondary N) is 1. The van der Waals surface area contributed by atoms with Crippen molar-refractivity contribution in [2.75, 3.05) is 39.8 Å². The third-order valence-electron chi connectivity index (χ3n) is 7.06. The Kier molecular flexibility index (Phi) is 6.70. The van der Waals surface area contributed by atoms with Gasteiger partial charge in [0, 0.05) is 43.5 Å². The van der Waals surface area contributed by atoms with Crippen LogP contribution >= 0.6 is 0 Å². The van der Waals surface area contributed by atoms with E-state index >= 15 is 0 Å². The Morgan fingerprint density at radius 3 is 2.66 bits per heavy atom. The fraction of sp³-hybridized carbons (Fsp3) is 0.739. The fourth-order valence-electron chi connectivity index (χ4n) is 5.19. The second-order valence-corrected chi connectivity index (χ2v) is 9.19. The maximum atomic E-state index is 13.3. The molecule has 1 unspecified atom stereocenters. The minimum atomic E-state index is 0.116. The van der Waals surface area contributed by atoms with Crippen molar-refractivity contribution in [3.05, 3.63) is 29.6 Å². The van der Waals surface area contributed by atoms with E-state index in [1.807, 2.05) is 15.7 Å². The first-order valence-electron chi connectivity index (χ1n) is 11.6. The Morgan fingerprint density at radius 2 is 1.93 bits per heavy atom. The monoisotopic (exact) mass is 399 g/mol. The van der Waals surface area contributed by atoms with E-state index in [1.165, 1.54) is 43.4 Å². The first kappa shape index (κ1) is 20.6. The van der Waals surface area contributed by atoms with Crippen LogP contribution in [-0.2, 0) is 19.4 Å². The van der Waals surface area contributed by atoms with E-state index in [2.05, 4.69) is 23.8 Å². The number of amides is 1. The molecular formula is C23H37N5O. The fourth-order valence-corrected chi connectivity index (χ4v) is 5.19. The molecule has 1 aliphatic heterocycles. The number of carbonyl (C=O) groups is 1. The van der Waals surface area contributed by atoms with Gasteiger partial charge in [-0.1, -0.05) is 25.3 Å². The van der Waals surface area contributed by atoms with Gasteiger partial charge in [-0.05, 0) is 51.6 Å². The lowest BCUT2D eigenvalue weighted by Crippen LogP contribution is -2.47. The topological polar surface area (TPSA) is 53.4 Å². The molecule has 4 rings (SSSR count). The highest BCUT2D eigenvalue weighted by Crippen LogP contribution is 2.28. The van der Waals surface area contributed by atoms with E-state index in [-0.39, 0.29) is 5.91 Å². The zero-order valence-electron chi connectivity index (χ0n) is 18.0. The van der Waals surface area contributed by atoms with E-state index < -0.39 is 0 Å². The van der Waals surface area contributed by atoms with Crippen LogP contribution in [-0.4, -0.2) is 71.3 Å². The number of likely N-dealkylation sites (N-methyl/N-ethyl adjacent to an activating group) is 1. The Bertz CT molecular complexity index is 713. The summed E-state index contributed by atoms with van der Waals surface area (Å²) in [5.74, 6) is 0.949. The van der Waals surface area contributed by atoms with Crippen LogP contribution < -0.4 is 5.32 Å². The summed E-state index contributed by atoms with van der Waals surface area (Å²) in [7, 11) is 2.12. The van der Waals surface area contributed by atoms with Crippen LogP contribution in [0, 0.1) is 5.92 Å². The lowest BCUT2D eigenvalue weighted by atomic mass is 9.87. The summed E-state index contributed by atoms with van der Waals surface area (Å²) in [6.45, 7) is 9.15. The average Bonchev–Trinajstić information content (AvgIpc) is 3.11. The molecule has 1 aromatic heterocycles. The highest BCUT2D eigenvalue weighted by atomic mass is 16.2. The molecule has 1 N–H and O–H groups in total. The second kappa shape index (κ2) is 9.43. The first-order valence-corrected chi connectivity index (χ1v) is 11.6. The quantitative estimate of drug-likeness (QED) is 0.747. The van der Waals surface area contributed by atoms with Gasteiger partial charge >= 0.3 is 0 Å². The molecular weight excluding hydrogens is 362 g/mol. The largest absolute Gasteiger partial charge is 0.335 e. The molecule has 1 amide bonds. The molecule has 1 saturated carbocycles. The van der Waals surface area contributed by atoms with Crippen LogP contribution in [0.4, 0.5) is 0 Å². The van der Waals surface area contributed by atoms with Crippen LogP contribution in [0.3, 0.4) is 0 Å². The number of aromatic nitrogens is 2. The van der Waals surface area contributed by atoms with Crippen LogP contribution in [0.25, 0.3) is 0 Å². The molecule has 1 atom stereocenters. The maximum Gasteiger partial charge on any atom is 0.274 e. The summed E-state index contributed by atoms with van der Waals surface area (Å²) in [6.07, 6.45) is 11.9. The molecule has 0 radical (unpaired) electrons. The second-order valence-electron chi connectivity index (χ2n) is 9.19. The van der Waals surface area contributed by atoms with Gasteiger partial charge in [-0.15, -0.1) is 6.58 Å². The van der Waals surface area contributed by atoms with Gasteiger partial charge in [0.15, 0.2) is 5.69 Å². The third-order valence-corrected chi connectivity index (χ3v) is 7.06. The summed E-state index contributed by atoms with van der Waals surface area (Å²) in [5, 5.41) is 8.61. The molecule has 6 nitrogen and oxygen atoms in total. The van der Waals surface area contributed by atoms with Crippen molar-refractivity contribution in [2.45, 2.75) is 64.0 Å². The molecule has 1 aromatic rings. The van der Waals surface area contributed by atoms with E-state index in [0.29, 0.717) is 18.3 Å². The standard InChI is InChI=1S/C23H37N5O/c1-3-11-28-21-10-9-19(24-17-18-7-5-4-6-8-18)16-20(21)22(25-28)23(29)27-14-12-26(2)13-15-27/h3,18-19,24H,1,4-17H2,2H3. The summed E-state index contributed by atoms with van der Waals surface area (Å²) >= 11 is 0. The Morgan fingerprint density at radius 1 is 1.17 bits per heavy atom. The van der Waals surface area contributed by atoms with Gasteiger partial charge in [0.2, 0.25) is 0 Å². The van der Waals surface area contributed by atoms with Gasteiger partial charge in [-0.25, -0.2) is 0 Å². The van der Waals surface area contributed by atoms with Crippen molar-refractivity contribution >= 4 is 5.91 Å². The van der Waals surface area contributed by atoms with Crippen molar-refractivity contribution < 1.29 is 4.79 Å². The number of piperazine rings is 1. The molecule has 0 aromatic carbocycles. The normalized spacial score (nSPS) is 23.8. The first-order chi connectivity index (χ1) is 14.2. The van der Waals surface area contributed by atoms with Crippen molar-refractivity contribution in [2.24, 2.45) is 5.92 Å². The Hall–Kier alpha value is -1.66. The van der Waals surface area contributed by atoms with E-state index in [9.17, 15) is 4.79 Å².